The summed E-state index contributed by atoms with van der Waals surface area (Å²) in [6, 6.07) is 6.98. The minimum absolute atomic E-state index is 0.212. The molecule has 1 saturated heterocycles. The smallest absolute Gasteiger partial charge is 0.347 e. The van der Waals surface area contributed by atoms with Crippen molar-refractivity contribution in [3.05, 3.63) is 58.5 Å². The molecule has 2 N–H and O–H groups in total. The molecule has 0 aliphatic carbocycles. The number of halogens is 1. The first-order valence-electron chi connectivity index (χ1n) is 8.35. The van der Waals surface area contributed by atoms with Crippen LogP contribution in [0.4, 0.5) is 10.2 Å². The highest BCUT2D eigenvalue weighted by molar-refractivity contribution is 5.63. The molecule has 4 rings (SSSR count). The van der Waals surface area contributed by atoms with Gasteiger partial charge in [-0.2, -0.15) is 0 Å². The Bertz CT molecular complexity index is 911. The standard InChI is InChI=1S/C17H19FN6O/c18-13-3-1-12(2-4-13)11-20-14-5-8-23(9-6-14)15-16-21-22-17(25)24(16)10-7-19-15/h1-4,7,10,14,20H,5-6,8-9,11H2,(H,22,25). The van der Waals surface area contributed by atoms with E-state index in [1.807, 2.05) is 0 Å². The Balaban J connectivity index is 1.38. The monoisotopic (exact) mass is 342 g/mol. The normalized spacial score (nSPS) is 15.8. The molecule has 1 aliphatic heterocycles. The molecule has 0 radical (unpaired) electrons. The molecule has 25 heavy (non-hydrogen) atoms. The zero-order valence-corrected chi connectivity index (χ0v) is 13.7. The number of aromatic nitrogens is 4. The molecule has 0 unspecified atom stereocenters. The summed E-state index contributed by atoms with van der Waals surface area (Å²) in [5.41, 5.74) is 1.38. The Hall–Kier alpha value is -2.74. The lowest BCUT2D eigenvalue weighted by Gasteiger charge is -2.33. The molecule has 7 nitrogen and oxygen atoms in total. The van der Waals surface area contributed by atoms with Crippen molar-refractivity contribution in [3.63, 3.8) is 0 Å². The van der Waals surface area contributed by atoms with Crippen molar-refractivity contribution in [2.45, 2.75) is 25.4 Å². The van der Waals surface area contributed by atoms with Gasteiger partial charge in [-0.05, 0) is 30.5 Å². The van der Waals surface area contributed by atoms with Crippen LogP contribution in [0.25, 0.3) is 5.65 Å². The topological polar surface area (TPSA) is 78.3 Å². The summed E-state index contributed by atoms with van der Waals surface area (Å²) in [5, 5.41) is 10.1. The van der Waals surface area contributed by atoms with E-state index in [0.717, 1.165) is 43.9 Å². The molecule has 1 aromatic carbocycles. The summed E-state index contributed by atoms with van der Waals surface area (Å²) in [7, 11) is 0. The van der Waals surface area contributed by atoms with E-state index >= 15 is 0 Å². The van der Waals surface area contributed by atoms with Crippen LogP contribution in [0, 0.1) is 5.82 Å². The summed E-state index contributed by atoms with van der Waals surface area (Å²) >= 11 is 0. The molecule has 8 heteroatoms. The molecule has 2 aromatic heterocycles. The van der Waals surface area contributed by atoms with Crippen LogP contribution in [0.3, 0.4) is 0 Å². The van der Waals surface area contributed by atoms with E-state index in [9.17, 15) is 9.18 Å². The van der Waals surface area contributed by atoms with E-state index in [2.05, 4.69) is 25.4 Å². The molecule has 130 valence electrons. The molecular formula is C17H19FN6O. The minimum Gasteiger partial charge on any atom is -0.353 e. The lowest BCUT2D eigenvalue weighted by molar-refractivity contribution is 0.413. The van der Waals surface area contributed by atoms with E-state index in [1.54, 1.807) is 24.5 Å². The molecule has 3 heterocycles. The van der Waals surface area contributed by atoms with Gasteiger partial charge >= 0.3 is 5.69 Å². The minimum atomic E-state index is -0.255. The number of H-pyrrole nitrogens is 1. The van der Waals surface area contributed by atoms with E-state index in [0.29, 0.717) is 11.7 Å². The number of aromatic amines is 1. The second-order valence-electron chi connectivity index (χ2n) is 6.24. The number of nitrogens with zero attached hydrogens (tertiary/aromatic N) is 4. The zero-order chi connectivity index (χ0) is 17.2. The zero-order valence-electron chi connectivity index (χ0n) is 13.7. The van der Waals surface area contributed by atoms with Crippen molar-refractivity contribution in [3.8, 4) is 0 Å². The number of hydrogen-bond donors (Lipinski definition) is 2. The molecule has 1 aliphatic rings. The van der Waals surface area contributed by atoms with Crippen LogP contribution in [-0.4, -0.2) is 38.7 Å². The fourth-order valence-electron chi connectivity index (χ4n) is 3.21. The van der Waals surface area contributed by atoms with Gasteiger partial charge in [-0.15, -0.1) is 5.10 Å². The summed E-state index contributed by atoms with van der Waals surface area (Å²) in [5.74, 6) is 0.522. The van der Waals surface area contributed by atoms with Crippen molar-refractivity contribution in [1.82, 2.24) is 24.9 Å². The van der Waals surface area contributed by atoms with Crippen molar-refractivity contribution in [2.75, 3.05) is 18.0 Å². The molecule has 0 atom stereocenters. The Kier molecular flexibility index (Phi) is 4.19. The van der Waals surface area contributed by atoms with E-state index in [4.69, 9.17) is 0 Å². The van der Waals surface area contributed by atoms with Gasteiger partial charge in [0.25, 0.3) is 0 Å². The van der Waals surface area contributed by atoms with Gasteiger partial charge in [0.2, 0.25) is 5.65 Å². The molecule has 0 amide bonds. The highest BCUT2D eigenvalue weighted by Crippen LogP contribution is 2.20. The Morgan fingerprint density at radius 1 is 1.24 bits per heavy atom. The molecule has 1 fully saturated rings. The van der Waals surface area contributed by atoms with Gasteiger partial charge in [-0.25, -0.2) is 23.7 Å². The lowest BCUT2D eigenvalue weighted by Crippen LogP contribution is -2.42. The highest BCUT2D eigenvalue weighted by atomic mass is 19.1. The van der Waals surface area contributed by atoms with Crippen LogP contribution in [0.15, 0.2) is 41.5 Å². The van der Waals surface area contributed by atoms with Crippen molar-refractivity contribution >= 4 is 11.5 Å². The Morgan fingerprint density at radius 3 is 2.76 bits per heavy atom. The summed E-state index contributed by atoms with van der Waals surface area (Å²) in [6.07, 6.45) is 5.18. The maximum absolute atomic E-state index is 12.9. The van der Waals surface area contributed by atoms with Gasteiger partial charge in [0.05, 0.1) is 0 Å². The van der Waals surface area contributed by atoms with Crippen LogP contribution < -0.4 is 15.9 Å². The number of nitrogens with one attached hydrogen (secondary N) is 2. The second-order valence-corrected chi connectivity index (χ2v) is 6.24. The molecule has 0 bridgehead atoms. The van der Waals surface area contributed by atoms with Crippen LogP contribution in [0.2, 0.25) is 0 Å². The lowest BCUT2D eigenvalue weighted by atomic mass is 10.0. The number of hydrogen-bond acceptors (Lipinski definition) is 5. The summed E-state index contributed by atoms with van der Waals surface area (Å²) < 4.78 is 14.4. The SMILES string of the molecule is O=c1[nH]nc2c(N3CCC(NCc4ccc(F)cc4)CC3)nccn12. The highest BCUT2D eigenvalue weighted by Gasteiger charge is 2.22. The first-order valence-corrected chi connectivity index (χ1v) is 8.35. The number of rotatable bonds is 4. The van der Waals surface area contributed by atoms with Crippen LogP contribution in [-0.2, 0) is 6.54 Å². The van der Waals surface area contributed by atoms with Gasteiger partial charge in [0.1, 0.15) is 5.82 Å². The first-order chi connectivity index (χ1) is 12.2. The number of benzene rings is 1. The predicted octanol–water partition coefficient (Wildman–Crippen LogP) is 1.32. The van der Waals surface area contributed by atoms with Crippen molar-refractivity contribution in [2.24, 2.45) is 0 Å². The molecular weight excluding hydrogens is 323 g/mol. The van der Waals surface area contributed by atoms with Crippen molar-refractivity contribution < 1.29 is 4.39 Å². The fraction of sp³-hybridized carbons (Fsp3) is 0.353. The van der Waals surface area contributed by atoms with Crippen LogP contribution in [0.1, 0.15) is 18.4 Å². The van der Waals surface area contributed by atoms with Crippen LogP contribution >= 0.6 is 0 Å². The molecule has 3 aromatic rings. The number of fused-ring (bicyclic) bond motifs is 1. The van der Waals surface area contributed by atoms with E-state index < -0.39 is 0 Å². The first kappa shape index (κ1) is 15.8. The quantitative estimate of drug-likeness (QED) is 0.748. The maximum Gasteiger partial charge on any atom is 0.347 e. The Labute approximate surface area is 143 Å². The average molecular weight is 342 g/mol. The van der Waals surface area contributed by atoms with Crippen molar-refractivity contribution in [1.29, 1.82) is 0 Å². The summed E-state index contributed by atoms with van der Waals surface area (Å²) in [6.45, 7) is 2.41. The average Bonchev–Trinajstić information content (AvgIpc) is 3.03. The summed E-state index contributed by atoms with van der Waals surface area (Å²) in [4.78, 5) is 18.2. The predicted molar refractivity (Wildman–Crippen MR) is 92.1 cm³/mol. The van der Waals surface area contributed by atoms with Crippen LogP contribution in [0.5, 0.6) is 0 Å². The number of piperidine rings is 1. The van der Waals surface area contributed by atoms with Gasteiger partial charge in [0, 0.05) is 38.1 Å². The van der Waals surface area contributed by atoms with Gasteiger partial charge < -0.3 is 10.2 Å². The van der Waals surface area contributed by atoms with Gasteiger partial charge in [-0.3, -0.25) is 0 Å². The fourth-order valence-corrected chi connectivity index (χ4v) is 3.21. The Morgan fingerprint density at radius 2 is 2.00 bits per heavy atom. The molecule has 0 saturated carbocycles. The third-order valence-corrected chi connectivity index (χ3v) is 4.62. The molecule has 0 spiro atoms. The van der Waals surface area contributed by atoms with E-state index in [1.165, 1.54) is 16.5 Å². The van der Waals surface area contributed by atoms with Gasteiger partial charge in [0.15, 0.2) is 5.82 Å². The second kappa shape index (κ2) is 6.64. The van der Waals surface area contributed by atoms with Gasteiger partial charge in [-0.1, -0.05) is 12.1 Å². The largest absolute Gasteiger partial charge is 0.353 e. The number of anilines is 1. The third-order valence-electron chi connectivity index (χ3n) is 4.62. The third kappa shape index (κ3) is 3.25. The van der Waals surface area contributed by atoms with E-state index in [-0.39, 0.29) is 11.5 Å². The maximum atomic E-state index is 12.9.